The lowest BCUT2D eigenvalue weighted by atomic mass is 10.3. The first kappa shape index (κ1) is 17.9. The molecule has 0 atom stereocenters. The molecule has 0 bridgehead atoms. The van der Waals surface area contributed by atoms with Gasteiger partial charge in [-0.2, -0.15) is 17.0 Å². The van der Waals surface area contributed by atoms with Crippen molar-refractivity contribution >= 4 is 15.9 Å². The Morgan fingerprint density at radius 3 is 2.46 bits per heavy atom. The van der Waals surface area contributed by atoms with Gasteiger partial charge < -0.3 is 9.14 Å². The predicted molar refractivity (Wildman–Crippen MR) is 98.1 cm³/mol. The summed E-state index contributed by atoms with van der Waals surface area (Å²) in [5.41, 5.74) is 3.15. The molecule has 0 amide bonds. The first-order valence-electron chi connectivity index (χ1n) is 9.02. The van der Waals surface area contributed by atoms with Crippen molar-refractivity contribution in [2.75, 3.05) is 52.5 Å². The van der Waals surface area contributed by atoms with Gasteiger partial charge in [0.05, 0.1) is 18.9 Å². The Hall–Kier alpha value is -1.52. The third-order valence-corrected chi connectivity index (χ3v) is 7.10. The fourth-order valence-corrected chi connectivity index (χ4v) is 5.13. The molecule has 2 aliphatic heterocycles. The standard InChI is InChI=1S/C17H25N5O3S/c1-15-3-2-4-20-14-16(18-17(15)20)13-19-5-7-21(8-6-19)26(23,24)22-9-11-25-12-10-22/h2-4,14H,5-13H2,1H3. The van der Waals surface area contributed by atoms with Crippen LogP contribution in [0, 0.1) is 6.92 Å². The van der Waals surface area contributed by atoms with Gasteiger partial charge in [-0.1, -0.05) is 6.07 Å². The lowest BCUT2D eigenvalue weighted by Gasteiger charge is -2.37. The quantitative estimate of drug-likeness (QED) is 0.766. The molecule has 9 heteroatoms. The fourth-order valence-electron chi connectivity index (χ4n) is 3.57. The molecular formula is C17H25N5O3S. The number of morpholine rings is 1. The van der Waals surface area contributed by atoms with Crippen LogP contribution in [0.4, 0.5) is 0 Å². The van der Waals surface area contributed by atoms with Crippen LogP contribution < -0.4 is 0 Å². The predicted octanol–water partition coefficient (Wildman–Crippen LogP) is 0.337. The van der Waals surface area contributed by atoms with E-state index in [0.29, 0.717) is 39.4 Å². The minimum absolute atomic E-state index is 0.448. The second-order valence-electron chi connectivity index (χ2n) is 6.85. The van der Waals surface area contributed by atoms with Crippen LogP contribution in [0.3, 0.4) is 0 Å². The molecule has 0 spiro atoms. The van der Waals surface area contributed by atoms with Crippen LogP contribution in [0.15, 0.2) is 24.5 Å². The number of piperazine rings is 1. The molecule has 142 valence electrons. The summed E-state index contributed by atoms with van der Waals surface area (Å²) in [6.45, 7) is 7.13. The first-order valence-corrected chi connectivity index (χ1v) is 10.4. The average molecular weight is 379 g/mol. The number of pyridine rings is 1. The van der Waals surface area contributed by atoms with E-state index >= 15 is 0 Å². The van der Waals surface area contributed by atoms with Crippen molar-refractivity contribution in [3.05, 3.63) is 35.8 Å². The zero-order chi connectivity index (χ0) is 18.1. The number of aromatic nitrogens is 2. The molecule has 0 aromatic carbocycles. The second-order valence-corrected chi connectivity index (χ2v) is 8.78. The molecule has 2 aliphatic rings. The smallest absolute Gasteiger partial charge is 0.282 e. The molecule has 2 saturated heterocycles. The molecule has 2 aromatic heterocycles. The van der Waals surface area contributed by atoms with Crippen LogP contribution in [0.1, 0.15) is 11.3 Å². The Kier molecular flexibility index (Phi) is 4.98. The normalized spacial score (nSPS) is 21.4. The number of aryl methyl sites for hydroxylation is 1. The van der Waals surface area contributed by atoms with E-state index in [2.05, 4.69) is 24.1 Å². The number of fused-ring (bicyclic) bond motifs is 1. The summed E-state index contributed by atoms with van der Waals surface area (Å²) in [7, 11) is -3.37. The zero-order valence-corrected chi connectivity index (χ0v) is 15.9. The van der Waals surface area contributed by atoms with E-state index < -0.39 is 10.2 Å². The first-order chi connectivity index (χ1) is 12.5. The van der Waals surface area contributed by atoms with Gasteiger partial charge in [-0.05, 0) is 18.6 Å². The highest BCUT2D eigenvalue weighted by atomic mass is 32.2. The van der Waals surface area contributed by atoms with E-state index in [4.69, 9.17) is 9.72 Å². The number of nitrogens with zero attached hydrogens (tertiary/aromatic N) is 5. The van der Waals surface area contributed by atoms with E-state index in [1.165, 1.54) is 4.31 Å². The van der Waals surface area contributed by atoms with Gasteiger partial charge in [0, 0.05) is 58.2 Å². The minimum Gasteiger partial charge on any atom is -0.379 e. The Labute approximate surface area is 154 Å². The van der Waals surface area contributed by atoms with Crippen LogP contribution in [0.5, 0.6) is 0 Å². The van der Waals surface area contributed by atoms with Crippen molar-refractivity contribution in [3.8, 4) is 0 Å². The molecule has 8 nitrogen and oxygen atoms in total. The summed E-state index contributed by atoms with van der Waals surface area (Å²) < 4.78 is 35.9. The molecule has 0 aliphatic carbocycles. The molecule has 0 saturated carbocycles. The highest BCUT2D eigenvalue weighted by molar-refractivity contribution is 7.86. The van der Waals surface area contributed by atoms with Gasteiger partial charge in [-0.25, -0.2) is 4.98 Å². The Morgan fingerprint density at radius 2 is 1.77 bits per heavy atom. The van der Waals surface area contributed by atoms with Crippen LogP contribution in [-0.2, 0) is 21.5 Å². The maximum atomic E-state index is 12.7. The van der Waals surface area contributed by atoms with Crippen molar-refractivity contribution in [3.63, 3.8) is 0 Å². The monoisotopic (exact) mass is 379 g/mol. The van der Waals surface area contributed by atoms with Gasteiger partial charge in [0.25, 0.3) is 10.2 Å². The summed E-state index contributed by atoms with van der Waals surface area (Å²) in [5, 5.41) is 0. The van der Waals surface area contributed by atoms with E-state index in [9.17, 15) is 8.42 Å². The van der Waals surface area contributed by atoms with Crippen LogP contribution in [-0.4, -0.2) is 83.8 Å². The largest absolute Gasteiger partial charge is 0.379 e. The molecule has 0 N–H and O–H groups in total. The van der Waals surface area contributed by atoms with Gasteiger partial charge >= 0.3 is 0 Å². The summed E-state index contributed by atoms with van der Waals surface area (Å²) in [6, 6.07) is 4.07. The lowest BCUT2D eigenvalue weighted by Crippen LogP contribution is -2.54. The van der Waals surface area contributed by atoms with Crippen LogP contribution >= 0.6 is 0 Å². The number of imidazole rings is 1. The van der Waals surface area contributed by atoms with Gasteiger partial charge in [-0.15, -0.1) is 0 Å². The van der Waals surface area contributed by atoms with Crippen LogP contribution in [0.25, 0.3) is 5.65 Å². The topological polar surface area (TPSA) is 70.4 Å². The lowest BCUT2D eigenvalue weighted by molar-refractivity contribution is 0.0683. The summed E-state index contributed by atoms with van der Waals surface area (Å²) in [6.07, 6.45) is 4.06. The maximum absolute atomic E-state index is 12.7. The van der Waals surface area contributed by atoms with Crippen LogP contribution in [0.2, 0.25) is 0 Å². The van der Waals surface area contributed by atoms with Gasteiger partial charge in [0.2, 0.25) is 0 Å². The molecule has 2 fully saturated rings. The highest BCUT2D eigenvalue weighted by Gasteiger charge is 2.33. The minimum atomic E-state index is -3.37. The van der Waals surface area contributed by atoms with E-state index in [-0.39, 0.29) is 0 Å². The molecule has 4 rings (SSSR count). The van der Waals surface area contributed by atoms with Crippen molar-refractivity contribution < 1.29 is 13.2 Å². The molecule has 2 aromatic rings. The SMILES string of the molecule is Cc1cccn2cc(CN3CCN(S(=O)(=O)N4CCOCC4)CC3)nc12. The van der Waals surface area contributed by atoms with E-state index in [1.807, 2.05) is 16.7 Å². The molecule has 0 radical (unpaired) electrons. The Bertz CT molecular complexity index is 868. The van der Waals surface area contributed by atoms with Crippen molar-refractivity contribution in [2.24, 2.45) is 0 Å². The number of hydrogen-bond acceptors (Lipinski definition) is 5. The second kappa shape index (κ2) is 7.24. The summed E-state index contributed by atoms with van der Waals surface area (Å²) in [5.74, 6) is 0. The van der Waals surface area contributed by atoms with E-state index in [1.54, 1.807) is 4.31 Å². The average Bonchev–Trinajstić information content (AvgIpc) is 3.07. The fraction of sp³-hybridized carbons (Fsp3) is 0.588. The number of ether oxygens (including phenoxy) is 1. The van der Waals surface area contributed by atoms with Crippen molar-refractivity contribution in [2.45, 2.75) is 13.5 Å². The van der Waals surface area contributed by atoms with Gasteiger partial charge in [0.1, 0.15) is 5.65 Å². The summed E-state index contributed by atoms with van der Waals surface area (Å²) >= 11 is 0. The molecule has 4 heterocycles. The number of hydrogen-bond donors (Lipinski definition) is 0. The Balaban J connectivity index is 1.38. The maximum Gasteiger partial charge on any atom is 0.282 e. The third kappa shape index (κ3) is 3.49. The van der Waals surface area contributed by atoms with Crippen molar-refractivity contribution in [1.29, 1.82) is 0 Å². The number of rotatable bonds is 4. The Morgan fingerprint density at radius 1 is 1.08 bits per heavy atom. The summed E-state index contributed by atoms with van der Waals surface area (Å²) in [4.78, 5) is 6.98. The van der Waals surface area contributed by atoms with E-state index in [0.717, 1.165) is 36.5 Å². The van der Waals surface area contributed by atoms with Gasteiger partial charge in [0.15, 0.2) is 0 Å². The molecule has 0 unspecified atom stereocenters. The van der Waals surface area contributed by atoms with Crippen molar-refractivity contribution in [1.82, 2.24) is 22.9 Å². The zero-order valence-electron chi connectivity index (χ0n) is 15.0. The highest BCUT2D eigenvalue weighted by Crippen LogP contribution is 2.16. The third-order valence-electron chi connectivity index (χ3n) is 5.07. The molecule has 26 heavy (non-hydrogen) atoms. The molecular weight excluding hydrogens is 354 g/mol. The van der Waals surface area contributed by atoms with Gasteiger partial charge in [-0.3, -0.25) is 4.90 Å².